The van der Waals surface area contributed by atoms with Crippen LogP contribution in [0.25, 0.3) is 0 Å². The molecule has 1 aliphatic heterocycles. The van der Waals surface area contributed by atoms with E-state index in [-0.39, 0.29) is 0 Å². The van der Waals surface area contributed by atoms with Crippen LogP contribution in [-0.4, -0.2) is 11.4 Å². The van der Waals surface area contributed by atoms with Crippen LogP contribution in [0.2, 0.25) is 0 Å². The highest BCUT2D eigenvalue weighted by molar-refractivity contribution is 14.1. The molecule has 104 valence electrons. The van der Waals surface area contributed by atoms with Crippen LogP contribution in [0, 0.1) is 3.57 Å². The van der Waals surface area contributed by atoms with Gasteiger partial charge in [-0.05, 0) is 71.3 Å². The predicted molar refractivity (Wildman–Crippen MR) is 92.4 cm³/mol. The van der Waals surface area contributed by atoms with Crippen LogP contribution < -0.4 is 5.73 Å². The topological polar surface area (TPSA) is 29.3 Å². The summed E-state index contributed by atoms with van der Waals surface area (Å²) >= 11 is 2.45. The van der Waals surface area contributed by atoms with Gasteiger partial charge in [-0.1, -0.05) is 30.3 Å². The zero-order chi connectivity index (χ0) is 13.9. The highest BCUT2D eigenvalue weighted by Gasteiger charge is 2.27. The molecule has 0 saturated carbocycles. The molecule has 1 aliphatic rings. The highest BCUT2D eigenvalue weighted by atomic mass is 127. The van der Waals surface area contributed by atoms with Crippen molar-refractivity contribution >= 4 is 28.3 Å². The molecule has 2 aromatic carbocycles. The molecule has 1 heterocycles. The van der Waals surface area contributed by atoms with Crippen LogP contribution in [0.15, 0.2) is 48.5 Å². The Morgan fingerprint density at radius 2 is 2.00 bits per heavy atom. The van der Waals surface area contributed by atoms with Crippen molar-refractivity contribution in [2.24, 2.45) is 0 Å². The minimum Gasteiger partial charge on any atom is -0.399 e. The molecule has 2 N–H and O–H groups in total. The standard InChI is InChI=1S/C17H19IN2/c18-16-8-2-1-7-15(16)17-9-4-10-20(17)12-13-5-3-6-14(19)11-13/h1-3,5-8,11,17H,4,9-10,12,19H2. The van der Waals surface area contributed by atoms with E-state index in [2.05, 4.69) is 63.9 Å². The lowest BCUT2D eigenvalue weighted by molar-refractivity contribution is 0.248. The Labute approximate surface area is 134 Å². The van der Waals surface area contributed by atoms with Gasteiger partial charge >= 0.3 is 0 Å². The van der Waals surface area contributed by atoms with Crippen molar-refractivity contribution < 1.29 is 0 Å². The molecule has 2 nitrogen and oxygen atoms in total. The lowest BCUT2D eigenvalue weighted by Crippen LogP contribution is -2.23. The lowest BCUT2D eigenvalue weighted by atomic mass is 10.0. The number of anilines is 1. The molecule has 1 saturated heterocycles. The number of hydrogen-bond donors (Lipinski definition) is 1. The number of benzene rings is 2. The number of likely N-dealkylation sites (tertiary alicyclic amines) is 1. The van der Waals surface area contributed by atoms with E-state index in [1.807, 2.05) is 12.1 Å². The summed E-state index contributed by atoms with van der Waals surface area (Å²) in [5.74, 6) is 0. The quantitative estimate of drug-likeness (QED) is 0.641. The highest BCUT2D eigenvalue weighted by Crippen LogP contribution is 2.35. The second-order valence-electron chi connectivity index (χ2n) is 5.40. The fraction of sp³-hybridized carbons (Fsp3) is 0.294. The molecule has 0 aromatic heterocycles. The largest absolute Gasteiger partial charge is 0.399 e. The third kappa shape index (κ3) is 2.99. The minimum absolute atomic E-state index is 0.546. The molecule has 0 bridgehead atoms. The van der Waals surface area contributed by atoms with Gasteiger partial charge in [0, 0.05) is 21.8 Å². The molecule has 0 radical (unpaired) electrons. The van der Waals surface area contributed by atoms with Crippen LogP contribution in [-0.2, 0) is 6.54 Å². The summed E-state index contributed by atoms with van der Waals surface area (Å²) in [6, 6.07) is 17.5. The second kappa shape index (κ2) is 6.14. The fourth-order valence-electron chi connectivity index (χ4n) is 3.04. The maximum Gasteiger partial charge on any atom is 0.0362 e. The van der Waals surface area contributed by atoms with Gasteiger partial charge in [-0.15, -0.1) is 0 Å². The van der Waals surface area contributed by atoms with Gasteiger partial charge in [0.25, 0.3) is 0 Å². The van der Waals surface area contributed by atoms with Crippen LogP contribution >= 0.6 is 22.6 Å². The molecule has 1 fully saturated rings. The zero-order valence-corrected chi connectivity index (χ0v) is 13.6. The number of hydrogen-bond acceptors (Lipinski definition) is 2. The van der Waals surface area contributed by atoms with Crippen molar-refractivity contribution in [3.8, 4) is 0 Å². The summed E-state index contributed by atoms with van der Waals surface area (Å²) in [5, 5.41) is 0. The lowest BCUT2D eigenvalue weighted by Gasteiger charge is -2.25. The Morgan fingerprint density at radius 1 is 1.15 bits per heavy atom. The predicted octanol–water partition coefficient (Wildman–Crippen LogP) is 4.21. The summed E-state index contributed by atoms with van der Waals surface area (Å²) < 4.78 is 1.37. The van der Waals surface area contributed by atoms with E-state index in [9.17, 15) is 0 Å². The number of halogens is 1. The normalized spacial score (nSPS) is 19.4. The van der Waals surface area contributed by atoms with E-state index in [1.54, 1.807) is 0 Å². The van der Waals surface area contributed by atoms with Gasteiger partial charge in [-0.2, -0.15) is 0 Å². The Morgan fingerprint density at radius 3 is 2.80 bits per heavy atom. The van der Waals surface area contributed by atoms with Gasteiger partial charge in [0.2, 0.25) is 0 Å². The van der Waals surface area contributed by atoms with Gasteiger partial charge in [0.15, 0.2) is 0 Å². The first kappa shape index (κ1) is 13.9. The van der Waals surface area contributed by atoms with Crippen molar-refractivity contribution in [1.82, 2.24) is 4.90 Å². The Kier molecular flexibility index (Phi) is 4.27. The third-order valence-electron chi connectivity index (χ3n) is 3.96. The van der Waals surface area contributed by atoms with Gasteiger partial charge in [-0.25, -0.2) is 0 Å². The molecule has 3 heteroatoms. The first-order valence-corrected chi connectivity index (χ1v) is 8.15. The molecule has 3 rings (SSSR count). The van der Waals surface area contributed by atoms with Crippen LogP contribution in [0.4, 0.5) is 5.69 Å². The van der Waals surface area contributed by atoms with E-state index in [1.165, 1.54) is 34.1 Å². The van der Waals surface area contributed by atoms with E-state index in [0.717, 1.165) is 12.2 Å². The molecule has 0 amide bonds. The Balaban J connectivity index is 1.81. The Hall–Kier alpha value is -1.07. The summed E-state index contributed by atoms with van der Waals surface area (Å²) in [6.45, 7) is 2.16. The van der Waals surface area contributed by atoms with Gasteiger partial charge in [-0.3, -0.25) is 4.90 Å². The van der Waals surface area contributed by atoms with Crippen LogP contribution in [0.3, 0.4) is 0 Å². The molecule has 2 aromatic rings. The second-order valence-corrected chi connectivity index (χ2v) is 6.56. The monoisotopic (exact) mass is 378 g/mol. The van der Waals surface area contributed by atoms with E-state index >= 15 is 0 Å². The molecule has 0 aliphatic carbocycles. The van der Waals surface area contributed by atoms with Crippen LogP contribution in [0.5, 0.6) is 0 Å². The summed E-state index contributed by atoms with van der Waals surface area (Å²) in [5.41, 5.74) is 9.51. The van der Waals surface area contributed by atoms with Gasteiger partial charge in [0.1, 0.15) is 0 Å². The number of nitrogens with zero attached hydrogens (tertiary/aromatic N) is 1. The average molecular weight is 378 g/mol. The van der Waals surface area contributed by atoms with Crippen molar-refractivity contribution in [1.29, 1.82) is 0 Å². The van der Waals surface area contributed by atoms with Crippen molar-refractivity contribution in [2.45, 2.75) is 25.4 Å². The molecule has 20 heavy (non-hydrogen) atoms. The third-order valence-corrected chi connectivity index (χ3v) is 4.95. The molecular formula is C17H19IN2. The summed E-state index contributed by atoms with van der Waals surface area (Å²) in [6.07, 6.45) is 2.53. The summed E-state index contributed by atoms with van der Waals surface area (Å²) in [7, 11) is 0. The SMILES string of the molecule is Nc1cccc(CN2CCCC2c2ccccc2I)c1. The fourth-order valence-corrected chi connectivity index (χ4v) is 3.79. The van der Waals surface area contributed by atoms with Gasteiger partial charge < -0.3 is 5.73 Å². The zero-order valence-electron chi connectivity index (χ0n) is 11.4. The molecule has 1 atom stereocenters. The van der Waals surface area contributed by atoms with E-state index in [4.69, 9.17) is 5.73 Å². The maximum absolute atomic E-state index is 5.88. The van der Waals surface area contributed by atoms with Crippen molar-refractivity contribution in [2.75, 3.05) is 12.3 Å². The maximum atomic E-state index is 5.88. The number of nitrogen functional groups attached to an aromatic ring is 1. The number of rotatable bonds is 3. The smallest absolute Gasteiger partial charge is 0.0362 e. The minimum atomic E-state index is 0.546. The first-order valence-electron chi connectivity index (χ1n) is 7.07. The Bertz CT molecular complexity index is 597. The number of nitrogens with two attached hydrogens (primary N) is 1. The average Bonchev–Trinajstić information content (AvgIpc) is 2.87. The first-order chi connectivity index (χ1) is 9.74. The molecule has 1 unspecified atom stereocenters. The van der Waals surface area contributed by atoms with Gasteiger partial charge in [0.05, 0.1) is 0 Å². The van der Waals surface area contributed by atoms with E-state index < -0.39 is 0 Å². The molecule has 0 spiro atoms. The summed E-state index contributed by atoms with van der Waals surface area (Å²) in [4.78, 5) is 2.58. The van der Waals surface area contributed by atoms with Crippen molar-refractivity contribution in [3.05, 3.63) is 63.2 Å². The van der Waals surface area contributed by atoms with E-state index in [0.29, 0.717) is 6.04 Å². The molecular weight excluding hydrogens is 359 g/mol. The van der Waals surface area contributed by atoms with Crippen molar-refractivity contribution in [3.63, 3.8) is 0 Å². The van der Waals surface area contributed by atoms with Crippen LogP contribution in [0.1, 0.15) is 30.0 Å².